The molecule has 0 fully saturated rings. The number of anilines is 3. The maximum Gasteiger partial charge on any atom is 0.143 e. The third-order valence-corrected chi connectivity index (χ3v) is 11.2. The average molecular weight is 729 g/mol. The third kappa shape index (κ3) is 5.36. The highest BCUT2D eigenvalue weighted by Crippen LogP contribution is 2.49. The molecule has 0 aliphatic rings. The van der Waals surface area contributed by atoms with Crippen molar-refractivity contribution in [3.8, 4) is 39.1 Å². The molecule has 0 aliphatic carbocycles. The molecular formula is C54H36N2O. The Morgan fingerprint density at radius 1 is 0.333 bits per heavy atom. The largest absolute Gasteiger partial charge is 0.455 e. The normalized spacial score (nSPS) is 11.5. The van der Waals surface area contributed by atoms with Crippen LogP contribution in [0.15, 0.2) is 223 Å². The van der Waals surface area contributed by atoms with Crippen molar-refractivity contribution in [2.75, 3.05) is 4.90 Å². The smallest absolute Gasteiger partial charge is 0.143 e. The van der Waals surface area contributed by atoms with Crippen LogP contribution in [0.2, 0.25) is 0 Å². The predicted octanol–water partition coefficient (Wildman–Crippen LogP) is 15.2. The standard InChI is InChI=1S/C54H36N2O/c1-3-19-37(20-4-1)39-23-7-12-30-46(39)55(47-31-13-8-24-40(47)38-21-5-2-6-22-38)50-34-18-35-51-53(50)45-27-10-15-33-49(45)56(51)48-32-14-9-25-41(48)43-28-17-29-44-42-26-11-16-36-52(42)57-54(43)44/h1-36H. The van der Waals surface area contributed by atoms with Crippen LogP contribution in [0.25, 0.3) is 82.8 Å². The second-order valence-electron chi connectivity index (χ2n) is 14.4. The van der Waals surface area contributed by atoms with Crippen LogP contribution in [0.5, 0.6) is 0 Å². The summed E-state index contributed by atoms with van der Waals surface area (Å²) < 4.78 is 9.05. The molecule has 0 unspecified atom stereocenters. The molecule has 57 heavy (non-hydrogen) atoms. The van der Waals surface area contributed by atoms with Gasteiger partial charge in [-0.2, -0.15) is 0 Å². The summed E-state index contributed by atoms with van der Waals surface area (Å²) in [5.74, 6) is 0. The van der Waals surface area contributed by atoms with Crippen molar-refractivity contribution >= 4 is 60.8 Å². The first-order valence-corrected chi connectivity index (χ1v) is 19.4. The van der Waals surface area contributed by atoms with E-state index < -0.39 is 0 Å². The molecule has 0 saturated heterocycles. The van der Waals surface area contributed by atoms with Gasteiger partial charge in [0.1, 0.15) is 11.2 Å². The van der Waals surface area contributed by atoms with Crippen molar-refractivity contribution in [3.05, 3.63) is 218 Å². The van der Waals surface area contributed by atoms with E-state index in [-0.39, 0.29) is 0 Å². The molecule has 0 aliphatic heterocycles. The van der Waals surface area contributed by atoms with Gasteiger partial charge in [0, 0.05) is 43.8 Å². The van der Waals surface area contributed by atoms with Gasteiger partial charge in [-0.05, 0) is 53.6 Å². The molecule has 0 spiro atoms. The fourth-order valence-electron chi connectivity index (χ4n) is 8.75. The Labute approximate surface area is 330 Å². The van der Waals surface area contributed by atoms with Crippen LogP contribution in [-0.4, -0.2) is 4.57 Å². The van der Waals surface area contributed by atoms with Gasteiger partial charge in [-0.3, -0.25) is 0 Å². The SMILES string of the molecule is c1ccc(-c2ccccc2N(c2ccccc2-c2ccccc2)c2cccc3c2c2ccccc2n3-c2ccccc2-c2cccc3c2oc2ccccc23)cc1. The number of fused-ring (bicyclic) bond motifs is 6. The van der Waals surface area contributed by atoms with Crippen molar-refractivity contribution in [1.29, 1.82) is 0 Å². The summed E-state index contributed by atoms with van der Waals surface area (Å²) in [4.78, 5) is 2.48. The summed E-state index contributed by atoms with van der Waals surface area (Å²) in [6.07, 6.45) is 0. The number of nitrogens with zero attached hydrogens (tertiary/aromatic N) is 2. The second-order valence-corrected chi connectivity index (χ2v) is 14.4. The number of furan rings is 1. The average Bonchev–Trinajstić information content (AvgIpc) is 3.84. The lowest BCUT2D eigenvalue weighted by molar-refractivity contribution is 0.670. The van der Waals surface area contributed by atoms with E-state index in [1.807, 2.05) is 6.07 Å². The van der Waals surface area contributed by atoms with Crippen molar-refractivity contribution in [3.63, 3.8) is 0 Å². The Balaban J connectivity index is 1.22. The number of benzene rings is 9. The van der Waals surface area contributed by atoms with Crippen molar-refractivity contribution in [2.24, 2.45) is 0 Å². The minimum atomic E-state index is 0.894. The van der Waals surface area contributed by atoms with E-state index in [1.54, 1.807) is 0 Å². The zero-order valence-corrected chi connectivity index (χ0v) is 31.1. The first-order valence-electron chi connectivity index (χ1n) is 19.4. The van der Waals surface area contributed by atoms with Gasteiger partial charge in [0.15, 0.2) is 0 Å². The highest BCUT2D eigenvalue weighted by Gasteiger charge is 2.26. The van der Waals surface area contributed by atoms with Gasteiger partial charge in [0.25, 0.3) is 0 Å². The second kappa shape index (κ2) is 13.6. The van der Waals surface area contributed by atoms with Gasteiger partial charge in [-0.25, -0.2) is 0 Å². The fraction of sp³-hybridized carbons (Fsp3) is 0. The minimum Gasteiger partial charge on any atom is -0.455 e. The molecule has 3 nitrogen and oxygen atoms in total. The van der Waals surface area contributed by atoms with E-state index >= 15 is 0 Å². The quantitative estimate of drug-likeness (QED) is 0.163. The van der Waals surface area contributed by atoms with Gasteiger partial charge < -0.3 is 13.9 Å². The van der Waals surface area contributed by atoms with Crippen molar-refractivity contribution in [1.82, 2.24) is 4.57 Å². The van der Waals surface area contributed by atoms with Gasteiger partial charge in [0.05, 0.1) is 33.8 Å². The topological polar surface area (TPSA) is 21.3 Å². The minimum absolute atomic E-state index is 0.894. The number of hydrogen-bond donors (Lipinski definition) is 0. The lowest BCUT2D eigenvalue weighted by atomic mass is 9.98. The maximum atomic E-state index is 6.61. The maximum absolute atomic E-state index is 6.61. The van der Waals surface area contributed by atoms with Gasteiger partial charge in [0.2, 0.25) is 0 Å². The molecule has 0 saturated carbocycles. The van der Waals surface area contributed by atoms with E-state index in [1.165, 1.54) is 21.9 Å². The molecule has 11 rings (SSSR count). The van der Waals surface area contributed by atoms with Crippen LogP contribution < -0.4 is 4.90 Å². The molecule has 9 aromatic carbocycles. The Kier molecular flexibility index (Phi) is 7.82. The Hall–Kier alpha value is -7.62. The molecule has 0 N–H and O–H groups in total. The molecule has 2 aromatic heterocycles. The molecule has 268 valence electrons. The van der Waals surface area contributed by atoms with E-state index in [2.05, 4.69) is 222 Å². The summed E-state index contributed by atoms with van der Waals surface area (Å²) in [6, 6.07) is 78.1. The lowest BCUT2D eigenvalue weighted by Gasteiger charge is -2.30. The molecular weight excluding hydrogens is 693 g/mol. The van der Waals surface area contributed by atoms with Crippen LogP contribution in [0.3, 0.4) is 0 Å². The first kappa shape index (κ1) is 32.8. The predicted molar refractivity (Wildman–Crippen MR) is 239 cm³/mol. The zero-order valence-electron chi connectivity index (χ0n) is 31.1. The molecule has 2 heterocycles. The van der Waals surface area contributed by atoms with E-state index in [9.17, 15) is 0 Å². The zero-order chi connectivity index (χ0) is 37.7. The number of para-hydroxylation sites is 6. The summed E-state index contributed by atoms with van der Waals surface area (Å²) in [5, 5.41) is 4.60. The first-order chi connectivity index (χ1) is 28.3. The van der Waals surface area contributed by atoms with Crippen LogP contribution in [-0.2, 0) is 0 Å². The molecule has 11 aromatic rings. The molecule has 0 radical (unpaired) electrons. The van der Waals surface area contributed by atoms with Crippen molar-refractivity contribution < 1.29 is 4.42 Å². The van der Waals surface area contributed by atoms with Crippen LogP contribution in [0.1, 0.15) is 0 Å². The summed E-state index contributed by atoms with van der Waals surface area (Å²) in [7, 11) is 0. The summed E-state index contributed by atoms with van der Waals surface area (Å²) in [6.45, 7) is 0. The number of aromatic nitrogens is 1. The summed E-state index contributed by atoms with van der Waals surface area (Å²) in [5.41, 5.74) is 15.3. The number of hydrogen-bond acceptors (Lipinski definition) is 2. The Morgan fingerprint density at radius 3 is 1.54 bits per heavy atom. The highest BCUT2D eigenvalue weighted by atomic mass is 16.3. The van der Waals surface area contributed by atoms with Gasteiger partial charge >= 0.3 is 0 Å². The monoisotopic (exact) mass is 728 g/mol. The van der Waals surface area contributed by atoms with E-state index in [0.29, 0.717) is 0 Å². The number of rotatable bonds is 7. The molecule has 0 amide bonds. The summed E-state index contributed by atoms with van der Waals surface area (Å²) >= 11 is 0. The third-order valence-electron chi connectivity index (χ3n) is 11.2. The van der Waals surface area contributed by atoms with Crippen LogP contribution in [0.4, 0.5) is 17.1 Å². The van der Waals surface area contributed by atoms with Crippen molar-refractivity contribution in [2.45, 2.75) is 0 Å². The van der Waals surface area contributed by atoms with Gasteiger partial charge in [-0.1, -0.05) is 176 Å². The molecule has 0 atom stereocenters. The molecule has 3 heteroatoms. The molecule has 0 bridgehead atoms. The Bertz CT molecular complexity index is 3160. The lowest BCUT2D eigenvalue weighted by Crippen LogP contribution is -2.13. The van der Waals surface area contributed by atoms with Gasteiger partial charge in [-0.15, -0.1) is 0 Å². The van der Waals surface area contributed by atoms with E-state index in [0.717, 1.165) is 78.0 Å². The fourth-order valence-corrected chi connectivity index (χ4v) is 8.75. The highest BCUT2D eigenvalue weighted by molar-refractivity contribution is 6.18. The van der Waals surface area contributed by atoms with Crippen LogP contribution >= 0.6 is 0 Å². The Morgan fingerprint density at radius 2 is 0.825 bits per heavy atom. The van der Waals surface area contributed by atoms with E-state index in [4.69, 9.17) is 4.42 Å². The van der Waals surface area contributed by atoms with Crippen LogP contribution in [0, 0.1) is 0 Å².